The van der Waals surface area contributed by atoms with E-state index in [2.05, 4.69) is 15.9 Å². The van der Waals surface area contributed by atoms with Crippen LogP contribution in [0.5, 0.6) is 0 Å². The van der Waals surface area contributed by atoms with Gasteiger partial charge in [-0.2, -0.15) is 0 Å². The van der Waals surface area contributed by atoms with Gasteiger partial charge in [0.15, 0.2) is 0 Å². The summed E-state index contributed by atoms with van der Waals surface area (Å²) in [5.74, 6) is -0.975. The van der Waals surface area contributed by atoms with Gasteiger partial charge in [0.1, 0.15) is 6.29 Å². The molecule has 0 atom stereocenters. The van der Waals surface area contributed by atoms with Gasteiger partial charge in [0.25, 0.3) is 0 Å². The van der Waals surface area contributed by atoms with Crippen LogP contribution < -0.4 is 0 Å². The molecule has 2 aromatic carbocycles. The molecule has 3 nitrogen and oxygen atoms in total. The quantitative estimate of drug-likeness (QED) is 0.881. The Morgan fingerprint density at radius 3 is 2.44 bits per heavy atom. The highest BCUT2D eigenvalue weighted by Gasteiger charge is 2.13. The summed E-state index contributed by atoms with van der Waals surface area (Å²) >= 11 is 3.36. The van der Waals surface area contributed by atoms with Crippen LogP contribution in [-0.2, 0) is 0 Å². The van der Waals surface area contributed by atoms with Crippen LogP contribution in [-0.4, -0.2) is 17.4 Å². The molecule has 0 heterocycles. The van der Waals surface area contributed by atoms with Crippen LogP contribution in [0, 0.1) is 0 Å². The molecular weight excluding hydrogens is 296 g/mol. The average Bonchev–Trinajstić information content (AvgIpc) is 2.38. The van der Waals surface area contributed by atoms with Crippen molar-refractivity contribution >= 4 is 28.2 Å². The minimum absolute atomic E-state index is 0.233. The van der Waals surface area contributed by atoms with Gasteiger partial charge in [-0.15, -0.1) is 0 Å². The van der Waals surface area contributed by atoms with Crippen molar-refractivity contribution in [3.8, 4) is 11.1 Å². The second-order valence-corrected chi connectivity index (χ2v) is 4.56. The predicted octanol–water partition coefficient (Wildman–Crippen LogP) is 3.63. The third-order valence-electron chi connectivity index (χ3n) is 2.58. The summed E-state index contributed by atoms with van der Waals surface area (Å²) in [6.07, 6.45) is 0.748. The van der Waals surface area contributed by atoms with Gasteiger partial charge < -0.3 is 5.11 Å². The Labute approximate surface area is 112 Å². The van der Waals surface area contributed by atoms with Gasteiger partial charge in [0.05, 0.1) is 5.56 Å². The topological polar surface area (TPSA) is 54.4 Å². The number of hydrogen-bond acceptors (Lipinski definition) is 2. The fraction of sp³-hybridized carbons (Fsp3) is 0. The summed E-state index contributed by atoms with van der Waals surface area (Å²) < 4.78 is 0.695. The van der Waals surface area contributed by atoms with Crippen molar-refractivity contribution in [1.29, 1.82) is 0 Å². The van der Waals surface area contributed by atoms with E-state index in [9.17, 15) is 9.59 Å². The zero-order valence-corrected chi connectivity index (χ0v) is 10.8. The Kier molecular flexibility index (Phi) is 3.58. The zero-order valence-electron chi connectivity index (χ0n) is 9.26. The highest BCUT2D eigenvalue weighted by molar-refractivity contribution is 9.10. The van der Waals surface area contributed by atoms with Crippen molar-refractivity contribution in [2.45, 2.75) is 0 Å². The number of carbonyl (C=O) groups excluding carboxylic acids is 1. The summed E-state index contributed by atoms with van der Waals surface area (Å²) in [4.78, 5) is 21.8. The van der Waals surface area contributed by atoms with Crippen LogP contribution in [0.2, 0.25) is 0 Å². The number of benzene rings is 2. The zero-order chi connectivity index (χ0) is 13.1. The first-order valence-corrected chi connectivity index (χ1v) is 6.00. The first kappa shape index (κ1) is 12.5. The van der Waals surface area contributed by atoms with E-state index < -0.39 is 5.97 Å². The molecule has 0 aliphatic carbocycles. The minimum atomic E-state index is -0.975. The van der Waals surface area contributed by atoms with Crippen molar-refractivity contribution in [3.63, 3.8) is 0 Å². The summed E-state index contributed by atoms with van der Waals surface area (Å²) in [5.41, 5.74) is 2.14. The van der Waals surface area contributed by atoms with Gasteiger partial charge in [0, 0.05) is 10.0 Å². The molecule has 18 heavy (non-hydrogen) atoms. The summed E-state index contributed by atoms with van der Waals surface area (Å²) in [7, 11) is 0. The highest BCUT2D eigenvalue weighted by Crippen LogP contribution is 2.31. The van der Waals surface area contributed by atoms with E-state index in [1.54, 1.807) is 42.5 Å². The number of carbonyl (C=O) groups is 2. The SMILES string of the molecule is O=Cc1ccc(-c2ccccc2C(=O)O)c(Br)c1. The van der Waals surface area contributed by atoms with Crippen molar-refractivity contribution < 1.29 is 14.7 Å². The number of carboxylic acids is 1. The molecule has 0 aliphatic rings. The van der Waals surface area contributed by atoms with Crippen LogP contribution in [0.25, 0.3) is 11.1 Å². The lowest BCUT2D eigenvalue weighted by atomic mass is 9.99. The third kappa shape index (κ3) is 2.33. The number of rotatable bonds is 3. The predicted molar refractivity (Wildman–Crippen MR) is 71.9 cm³/mol. The Morgan fingerprint density at radius 2 is 1.83 bits per heavy atom. The molecule has 0 fully saturated rings. The first-order valence-electron chi connectivity index (χ1n) is 5.21. The Morgan fingerprint density at radius 1 is 1.11 bits per heavy atom. The smallest absolute Gasteiger partial charge is 0.336 e. The molecule has 2 rings (SSSR count). The maximum absolute atomic E-state index is 11.2. The average molecular weight is 305 g/mol. The first-order chi connectivity index (χ1) is 8.63. The van der Waals surface area contributed by atoms with Crippen molar-refractivity contribution in [2.24, 2.45) is 0 Å². The summed E-state index contributed by atoms with van der Waals surface area (Å²) in [5, 5.41) is 9.15. The number of aldehydes is 1. The van der Waals surface area contributed by atoms with E-state index in [0.29, 0.717) is 15.6 Å². The fourth-order valence-electron chi connectivity index (χ4n) is 1.73. The number of carboxylic acid groups (broad SMARTS) is 1. The normalized spacial score (nSPS) is 10.1. The van der Waals surface area contributed by atoms with Crippen LogP contribution in [0.15, 0.2) is 46.9 Å². The van der Waals surface area contributed by atoms with Gasteiger partial charge in [-0.1, -0.05) is 46.3 Å². The van der Waals surface area contributed by atoms with Gasteiger partial charge >= 0.3 is 5.97 Å². The summed E-state index contributed by atoms with van der Waals surface area (Å²) in [6.45, 7) is 0. The van der Waals surface area contributed by atoms with Gasteiger partial charge in [-0.3, -0.25) is 4.79 Å². The molecule has 2 aromatic rings. The van der Waals surface area contributed by atoms with Crippen LogP contribution in [0.4, 0.5) is 0 Å². The molecule has 0 spiro atoms. The van der Waals surface area contributed by atoms with Crippen molar-refractivity contribution in [1.82, 2.24) is 0 Å². The van der Waals surface area contributed by atoms with Gasteiger partial charge in [-0.05, 0) is 23.3 Å². The Balaban J connectivity index is 2.62. The maximum Gasteiger partial charge on any atom is 0.336 e. The van der Waals surface area contributed by atoms with Crippen molar-refractivity contribution in [2.75, 3.05) is 0 Å². The maximum atomic E-state index is 11.2. The van der Waals surface area contributed by atoms with E-state index in [1.165, 1.54) is 0 Å². The van der Waals surface area contributed by atoms with Gasteiger partial charge in [-0.25, -0.2) is 4.79 Å². The standard InChI is InChI=1S/C14H9BrO3/c15-13-7-9(8-16)5-6-11(13)10-3-1-2-4-12(10)14(17)18/h1-8H,(H,17,18). The number of halogens is 1. The molecule has 0 saturated heterocycles. The molecule has 0 bridgehead atoms. The monoisotopic (exact) mass is 304 g/mol. The molecule has 90 valence electrons. The molecule has 0 aliphatic heterocycles. The van der Waals surface area contributed by atoms with E-state index in [1.807, 2.05) is 0 Å². The van der Waals surface area contributed by atoms with E-state index >= 15 is 0 Å². The lowest BCUT2D eigenvalue weighted by Crippen LogP contribution is -1.99. The second kappa shape index (κ2) is 5.14. The highest BCUT2D eigenvalue weighted by atomic mass is 79.9. The van der Waals surface area contributed by atoms with Crippen LogP contribution in [0.3, 0.4) is 0 Å². The molecule has 0 aromatic heterocycles. The van der Waals surface area contributed by atoms with Crippen LogP contribution >= 0.6 is 15.9 Å². The second-order valence-electron chi connectivity index (χ2n) is 3.71. The Hall–Kier alpha value is -1.94. The molecule has 0 saturated carbocycles. The lowest BCUT2D eigenvalue weighted by Gasteiger charge is -2.08. The molecule has 0 unspecified atom stereocenters. The molecule has 4 heteroatoms. The van der Waals surface area contributed by atoms with Crippen LogP contribution in [0.1, 0.15) is 20.7 Å². The fourth-order valence-corrected chi connectivity index (χ4v) is 2.34. The molecular formula is C14H9BrO3. The number of hydrogen-bond donors (Lipinski definition) is 1. The number of aromatic carboxylic acids is 1. The van der Waals surface area contributed by atoms with E-state index in [4.69, 9.17) is 5.11 Å². The Bertz CT molecular complexity index is 620. The van der Waals surface area contributed by atoms with Gasteiger partial charge in [0.2, 0.25) is 0 Å². The van der Waals surface area contributed by atoms with E-state index in [-0.39, 0.29) is 5.56 Å². The molecule has 0 amide bonds. The van der Waals surface area contributed by atoms with Crippen molar-refractivity contribution in [3.05, 3.63) is 58.1 Å². The molecule has 1 N–H and O–H groups in total. The van der Waals surface area contributed by atoms with E-state index in [0.717, 1.165) is 11.8 Å². The third-order valence-corrected chi connectivity index (χ3v) is 3.23. The summed E-state index contributed by atoms with van der Waals surface area (Å²) in [6, 6.07) is 11.8. The largest absolute Gasteiger partial charge is 0.478 e. The lowest BCUT2D eigenvalue weighted by molar-refractivity contribution is 0.0697. The minimum Gasteiger partial charge on any atom is -0.478 e. The molecule has 0 radical (unpaired) electrons.